The van der Waals surface area contributed by atoms with Gasteiger partial charge in [-0.3, -0.25) is 4.79 Å². The van der Waals surface area contributed by atoms with E-state index in [1.807, 2.05) is 0 Å². The highest BCUT2D eigenvalue weighted by Crippen LogP contribution is 2.18. The van der Waals surface area contributed by atoms with Gasteiger partial charge in [-0.25, -0.2) is 0 Å². The molecule has 1 saturated heterocycles. The van der Waals surface area contributed by atoms with Gasteiger partial charge in [0, 0.05) is 26.3 Å². The smallest absolute Gasteiger partial charge is 0.276 e. The van der Waals surface area contributed by atoms with E-state index in [4.69, 9.17) is 15.0 Å². The Balaban J connectivity index is 1.94. The summed E-state index contributed by atoms with van der Waals surface area (Å²) in [6, 6.07) is 1.64. The number of nitrogens with zero attached hydrogens (tertiary/aromatic N) is 2. The van der Waals surface area contributed by atoms with Gasteiger partial charge in [-0.1, -0.05) is 5.16 Å². The number of rotatable bonds is 4. The summed E-state index contributed by atoms with van der Waals surface area (Å²) in [5, 5.41) is 3.78. The number of piperidine rings is 1. The van der Waals surface area contributed by atoms with Crippen LogP contribution in [0.1, 0.15) is 29.1 Å². The van der Waals surface area contributed by atoms with Crippen molar-refractivity contribution in [3.8, 4) is 0 Å². The number of ether oxygens (including phenoxy) is 1. The van der Waals surface area contributed by atoms with Crippen LogP contribution in [0.15, 0.2) is 10.6 Å². The molecule has 1 fully saturated rings. The summed E-state index contributed by atoms with van der Waals surface area (Å²) in [4.78, 5) is 13.9. The van der Waals surface area contributed by atoms with E-state index in [-0.39, 0.29) is 5.91 Å². The number of amides is 1. The Morgan fingerprint density at radius 3 is 2.94 bits per heavy atom. The maximum absolute atomic E-state index is 12.1. The normalized spacial score (nSPS) is 17.1. The summed E-state index contributed by atoms with van der Waals surface area (Å²) in [6.07, 6.45) is 1.93. The van der Waals surface area contributed by atoms with Crippen molar-refractivity contribution >= 4 is 5.91 Å². The molecule has 1 amide bonds. The van der Waals surface area contributed by atoms with E-state index in [0.717, 1.165) is 25.9 Å². The molecule has 6 nitrogen and oxygen atoms in total. The summed E-state index contributed by atoms with van der Waals surface area (Å²) in [5.74, 6) is 1.03. The van der Waals surface area contributed by atoms with E-state index in [1.54, 1.807) is 18.1 Å². The summed E-state index contributed by atoms with van der Waals surface area (Å²) in [5.41, 5.74) is 5.98. The van der Waals surface area contributed by atoms with Crippen molar-refractivity contribution in [3.05, 3.63) is 17.5 Å². The van der Waals surface area contributed by atoms with Crippen LogP contribution in [-0.2, 0) is 11.3 Å². The molecule has 2 heterocycles. The zero-order valence-corrected chi connectivity index (χ0v) is 10.6. The molecule has 0 atom stereocenters. The quantitative estimate of drug-likeness (QED) is 0.851. The lowest BCUT2D eigenvalue weighted by Crippen LogP contribution is -2.40. The molecule has 1 aliphatic heterocycles. The van der Waals surface area contributed by atoms with Crippen LogP contribution in [0.3, 0.4) is 0 Å². The van der Waals surface area contributed by atoms with Crippen molar-refractivity contribution in [1.29, 1.82) is 0 Å². The molecular formula is C12H19N3O3. The summed E-state index contributed by atoms with van der Waals surface area (Å²) >= 11 is 0. The third-order valence-corrected chi connectivity index (χ3v) is 3.30. The van der Waals surface area contributed by atoms with Gasteiger partial charge in [0.15, 0.2) is 11.5 Å². The monoisotopic (exact) mass is 253 g/mol. The molecule has 6 heteroatoms. The molecule has 1 aliphatic rings. The Labute approximate surface area is 106 Å². The second-order valence-electron chi connectivity index (χ2n) is 4.58. The number of carbonyl (C=O) groups excluding carboxylic acids is 1. The minimum Gasteiger partial charge on any atom is -0.377 e. The van der Waals surface area contributed by atoms with Crippen LogP contribution in [0, 0.1) is 5.92 Å². The van der Waals surface area contributed by atoms with Gasteiger partial charge in [-0.15, -0.1) is 0 Å². The fraction of sp³-hybridized carbons (Fsp3) is 0.667. The fourth-order valence-electron chi connectivity index (χ4n) is 2.16. The van der Waals surface area contributed by atoms with Crippen LogP contribution in [0.25, 0.3) is 0 Å². The Hall–Kier alpha value is -1.40. The van der Waals surface area contributed by atoms with E-state index in [2.05, 4.69) is 5.16 Å². The molecule has 1 aromatic rings. The average molecular weight is 253 g/mol. The van der Waals surface area contributed by atoms with Gasteiger partial charge in [0.2, 0.25) is 0 Å². The fourth-order valence-corrected chi connectivity index (χ4v) is 2.16. The summed E-state index contributed by atoms with van der Waals surface area (Å²) in [6.45, 7) is 2.51. The van der Waals surface area contributed by atoms with Gasteiger partial charge in [0.05, 0.1) is 0 Å². The molecule has 0 unspecified atom stereocenters. The number of hydrogen-bond donors (Lipinski definition) is 1. The maximum atomic E-state index is 12.1. The lowest BCUT2D eigenvalue weighted by Gasteiger charge is -2.30. The van der Waals surface area contributed by atoms with Gasteiger partial charge in [0.1, 0.15) is 6.61 Å². The molecule has 0 spiro atoms. The molecule has 0 aliphatic carbocycles. The SMILES string of the molecule is COCc1cc(C(=O)N2CCC(CN)CC2)no1. The standard InChI is InChI=1S/C12H19N3O3/c1-17-8-10-6-11(14-18-10)12(16)15-4-2-9(7-13)3-5-15/h6,9H,2-5,7-8,13H2,1H3. The number of hydrogen-bond acceptors (Lipinski definition) is 5. The third-order valence-electron chi connectivity index (χ3n) is 3.30. The average Bonchev–Trinajstić information content (AvgIpc) is 2.87. The number of nitrogens with two attached hydrogens (primary N) is 1. The van der Waals surface area contributed by atoms with Crippen LogP contribution >= 0.6 is 0 Å². The van der Waals surface area contributed by atoms with Crippen LogP contribution in [0.5, 0.6) is 0 Å². The first-order valence-corrected chi connectivity index (χ1v) is 6.18. The van der Waals surface area contributed by atoms with E-state index >= 15 is 0 Å². The summed E-state index contributed by atoms with van der Waals surface area (Å²) in [7, 11) is 1.57. The zero-order valence-electron chi connectivity index (χ0n) is 10.6. The summed E-state index contributed by atoms with van der Waals surface area (Å²) < 4.78 is 9.94. The molecule has 0 radical (unpaired) electrons. The van der Waals surface area contributed by atoms with Crippen molar-refractivity contribution < 1.29 is 14.1 Å². The van der Waals surface area contributed by atoms with Gasteiger partial charge in [0.25, 0.3) is 5.91 Å². The van der Waals surface area contributed by atoms with Crippen molar-refractivity contribution in [3.63, 3.8) is 0 Å². The molecule has 0 bridgehead atoms. The predicted octanol–water partition coefficient (Wildman–Crippen LogP) is 0.632. The number of likely N-dealkylation sites (tertiary alicyclic amines) is 1. The Bertz CT molecular complexity index is 397. The van der Waals surface area contributed by atoms with Crippen LogP contribution in [0.2, 0.25) is 0 Å². The van der Waals surface area contributed by atoms with Crippen molar-refractivity contribution in [2.75, 3.05) is 26.7 Å². The number of aromatic nitrogens is 1. The second-order valence-corrected chi connectivity index (χ2v) is 4.58. The Morgan fingerprint density at radius 1 is 1.61 bits per heavy atom. The zero-order chi connectivity index (χ0) is 13.0. The van der Waals surface area contributed by atoms with Crippen molar-refractivity contribution in [2.24, 2.45) is 11.7 Å². The first kappa shape index (κ1) is 13.0. The van der Waals surface area contributed by atoms with Gasteiger partial charge >= 0.3 is 0 Å². The Morgan fingerprint density at radius 2 is 2.33 bits per heavy atom. The topological polar surface area (TPSA) is 81.6 Å². The van der Waals surface area contributed by atoms with Gasteiger partial charge in [-0.2, -0.15) is 0 Å². The second kappa shape index (κ2) is 5.97. The highest BCUT2D eigenvalue weighted by atomic mass is 16.5. The predicted molar refractivity (Wildman–Crippen MR) is 64.9 cm³/mol. The highest BCUT2D eigenvalue weighted by molar-refractivity contribution is 5.92. The molecule has 1 aromatic heterocycles. The van der Waals surface area contributed by atoms with E-state index in [1.165, 1.54) is 0 Å². The van der Waals surface area contributed by atoms with Crippen molar-refractivity contribution in [1.82, 2.24) is 10.1 Å². The van der Waals surface area contributed by atoms with E-state index in [0.29, 0.717) is 30.5 Å². The number of carbonyl (C=O) groups is 1. The third kappa shape index (κ3) is 2.88. The molecule has 2 N–H and O–H groups in total. The minimum absolute atomic E-state index is 0.0726. The highest BCUT2D eigenvalue weighted by Gasteiger charge is 2.24. The minimum atomic E-state index is -0.0726. The first-order valence-electron chi connectivity index (χ1n) is 6.18. The van der Waals surface area contributed by atoms with Gasteiger partial charge in [-0.05, 0) is 25.3 Å². The van der Waals surface area contributed by atoms with E-state index in [9.17, 15) is 4.79 Å². The molecule has 0 saturated carbocycles. The molecule has 2 rings (SSSR count). The first-order chi connectivity index (χ1) is 8.74. The molecule has 100 valence electrons. The number of methoxy groups -OCH3 is 1. The largest absolute Gasteiger partial charge is 0.377 e. The molecule has 0 aromatic carbocycles. The lowest BCUT2D eigenvalue weighted by atomic mass is 9.97. The van der Waals surface area contributed by atoms with Crippen molar-refractivity contribution in [2.45, 2.75) is 19.4 Å². The van der Waals surface area contributed by atoms with Crippen LogP contribution in [-0.4, -0.2) is 42.7 Å². The maximum Gasteiger partial charge on any atom is 0.276 e. The Kier molecular flexibility index (Phi) is 4.33. The lowest BCUT2D eigenvalue weighted by molar-refractivity contribution is 0.0682. The van der Waals surface area contributed by atoms with Crippen LogP contribution < -0.4 is 5.73 Å². The molecule has 18 heavy (non-hydrogen) atoms. The molecular weight excluding hydrogens is 234 g/mol. The van der Waals surface area contributed by atoms with Gasteiger partial charge < -0.3 is 19.9 Å². The van der Waals surface area contributed by atoms with E-state index < -0.39 is 0 Å². The van der Waals surface area contributed by atoms with Crippen LogP contribution in [0.4, 0.5) is 0 Å².